The minimum Gasteiger partial charge on any atom is -0.461 e. The Morgan fingerprint density at radius 2 is 1.97 bits per heavy atom. The summed E-state index contributed by atoms with van der Waals surface area (Å²) in [5.74, 6) is 1.31. The number of pyridine rings is 1. The van der Waals surface area contributed by atoms with Crippen LogP contribution in [0, 0.1) is 0 Å². The van der Waals surface area contributed by atoms with Crippen LogP contribution in [0.25, 0.3) is 22.7 Å². The van der Waals surface area contributed by atoms with Gasteiger partial charge in [0.2, 0.25) is 10.0 Å². The fraction of sp³-hybridized carbons (Fsp3) is 0.273. The minimum absolute atomic E-state index is 0.0744. The highest BCUT2D eigenvalue weighted by Gasteiger charge is 2.35. The van der Waals surface area contributed by atoms with Crippen molar-refractivity contribution in [2.75, 3.05) is 13.1 Å². The molecule has 0 bridgehead atoms. The second-order valence-corrected chi connectivity index (χ2v) is 9.37. The van der Waals surface area contributed by atoms with Gasteiger partial charge in [0.1, 0.15) is 5.52 Å². The van der Waals surface area contributed by atoms with Crippen LogP contribution in [0.3, 0.4) is 0 Å². The third-order valence-electron chi connectivity index (χ3n) is 5.65. The summed E-state index contributed by atoms with van der Waals surface area (Å²) in [4.78, 5) is 9.55. The Balaban J connectivity index is 1.50. The van der Waals surface area contributed by atoms with Crippen molar-refractivity contribution in [1.29, 1.82) is 0 Å². The zero-order valence-corrected chi connectivity index (χ0v) is 17.4. The van der Waals surface area contributed by atoms with E-state index in [2.05, 4.69) is 11.9 Å². The summed E-state index contributed by atoms with van der Waals surface area (Å²) in [5.41, 5.74) is 2.62. The van der Waals surface area contributed by atoms with Crippen molar-refractivity contribution in [3.05, 3.63) is 66.6 Å². The maximum absolute atomic E-state index is 13.2. The lowest BCUT2D eigenvalue weighted by Crippen LogP contribution is -2.29. The van der Waals surface area contributed by atoms with Crippen molar-refractivity contribution < 1.29 is 12.8 Å². The topological polar surface area (TPSA) is 81.2 Å². The third kappa shape index (κ3) is 3.12. The molecule has 1 atom stereocenters. The fourth-order valence-corrected chi connectivity index (χ4v) is 5.53. The molecule has 3 aromatic heterocycles. The molecule has 1 aromatic carbocycles. The van der Waals surface area contributed by atoms with E-state index in [9.17, 15) is 8.42 Å². The first-order valence-electron chi connectivity index (χ1n) is 10.0. The van der Waals surface area contributed by atoms with Crippen LogP contribution in [0.2, 0.25) is 0 Å². The average Bonchev–Trinajstić information content (AvgIpc) is 3.52. The molecule has 1 aliphatic rings. The summed E-state index contributed by atoms with van der Waals surface area (Å²) in [6.45, 7) is 2.87. The van der Waals surface area contributed by atoms with Crippen molar-refractivity contribution in [2.45, 2.75) is 30.7 Å². The standard InChI is InChI=1S/C22H22N4O3S/c1-2-16-7-9-18(10-8-16)30(27,28)25-13-11-17(15-25)26-21-19(5-3-12-23-21)24-22(26)20-6-4-14-29-20/h3-10,12,14,17H,2,11,13,15H2,1H3/t17-/m1/s1. The Hall–Kier alpha value is -2.97. The first-order chi connectivity index (χ1) is 14.6. The lowest BCUT2D eigenvalue weighted by molar-refractivity contribution is 0.453. The molecule has 4 aromatic rings. The normalized spacial score (nSPS) is 17.7. The molecule has 1 saturated heterocycles. The van der Waals surface area contributed by atoms with Gasteiger partial charge in [0.05, 0.1) is 17.2 Å². The van der Waals surface area contributed by atoms with Gasteiger partial charge in [-0.15, -0.1) is 0 Å². The van der Waals surface area contributed by atoms with E-state index in [-0.39, 0.29) is 6.04 Å². The Morgan fingerprint density at radius 3 is 2.70 bits per heavy atom. The van der Waals surface area contributed by atoms with Crippen LogP contribution in [-0.2, 0) is 16.4 Å². The van der Waals surface area contributed by atoms with E-state index in [1.165, 1.54) is 0 Å². The van der Waals surface area contributed by atoms with Gasteiger partial charge in [-0.1, -0.05) is 19.1 Å². The number of benzene rings is 1. The summed E-state index contributed by atoms with van der Waals surface area (Å²) < 4.78 is 35.6. The van der Waals surface area contributed by atoms with Crippen molar-refractivity contribution >= 4 is 21.2 Å². The van der Waals surface area contributed by atoms with E-state index in [1.807, 2.05) is 41.0 Å². The highest BCUT2D eigenvalue weighted by molar-refractivity contribution is 7.89. The number of sulfonamides is 1. The van der Waals surface area contributed by atoms with Crippen LogP contribution >= 0.6 is 0 Å². The molecule has 8 heteroatoms. The number of aryl methyl sites for hydroxylation is 1. The number of furan rings is 1. The Kier molecular flexibility index (Phi) is 4.67. The van der Waals surface area contributed by atoms with Gasteiger partial charge in [-0.05, 0) is 54.8 Å². The molecule has 0 radical (unpaired) electrons. The highest BCUT2D eigenvalue weighted by Crippen LogP contribution is 2.34. The van der Waals surface area contributed by atoms with Gasteiger partial charge in [-0.25, -0.2) is 18.4 Å². The summed E-state index contributed by atoms with van der Waals surface area (Å²) in [6, 6.07) is 14.5. The number of nitrogens with zero attached hydrogens (tertiary/aromatic N) is 4. The molecule has 1 fully saturated rings. The van der Waals surface area contributed by atoms with Crippen LogP contribution < -0.4 is 0 Å². The number of hydrogen-bond acceptors (Lipinski definition) is 5. The molecule has 0 unspecified atom stereocenters. The van der Waals surface area contributed by atoms with Crippen LogP contribution in [0.5, 0.6) is 0 Å². The second kappa shape index (κ2) is 7.37. The van der Waals surface area contributed by atoms with E-state index in [4.69, 9.17) is 9.40 Å². The van der Waals surface area contributed by atoms with Gasteiger partial charge in [0, 0.05) is 19.3 Å². The molecule has 0 amide bonds. The molecule has 30 heavy (non-hydrogen) atoms. The lowest BCUT2D eigenvalue weighted by Gasteiger charge is -2.18. The number of fused-ring (bicyclic) bond motifs is 1. The molecule has 5 rings (SSSR count). The summed E-state index contributed by atoms with van der Waals surface area (Å²) in [6.07, 6.45) is 4.90. The van der Waals surface area contributed by atoms with Gasteiger partial charge < -0.3 is 8.98 Å². The maximum Gasteiger partial charge on any atom is 0.243 e. The van der Waals surface area contributed by atoms with E-state index in [0.29, 0.717) is 36.0 Å². The lowest BCUT2D eigenvalue weighted by atomic mass is 10.2. The summed E-state index contributed by atoms with van der Waals surface area (Å²) in [5, 5.41) is 0. The van der Waals surface area contributed by atoms with Crippen LogP contribution in [0.4, 0.5) is 0 Å². The maximum atomic E-state index is 13.2. The second-order valence-electron chi connectivity index (χ2n) is 7.43. The predicted octanol–water partition coefficient (Wildman–Crippen LogP) is 3.89. The fourth-order valence-electron chi connectivity index (χ4n) is 4.04. The van der Waals surface area contributed by atoms with E-state index >= 15 is 0 Å². The molecule has 1 aliphatic heterocycles. The third-order valence-corrected chi connectivity index (χ3v) is 7.53. The monoisotopic (exact) mass is 422 g/mol. The van der Waals surface area contributed by atoms with Gasteiger partial charge in [-0.3, -0.25) is 0 Å². The average molecular weight is 423 g/mol. The van der Waals surface area contributed by atoms with Gasteiger partial charge in [0.25, 0.3) is 0 Å². The number of rotatable bonds is 5. The van der Waals surface area contributed by atoms with Gasteiger partial charge in [-0.2, -0.15) is 4.31 Å². The van der Waals surface area contributed by atoms with E-state index in [1.54, 1.807) is 28.9 Å². The Labute approximate surface area is 175 Å². The van der Waals surface area contributed by atoms with Crippen molar-refractivity contribution in [3.63, 3.8) is 0 Å². The van der Waals surface area contributed by atoms with Crippen molar-refractivity contribution in [2.24, 2.45) is 0 Å². The van der Waals surface area contributed by atoms with Crippen LogP contribution in [0.1, 0.15) is 24.9 Å². The largest absolute Gasteiger partial charge is 0.461 e. The molecular formula is C22H22N4O3S. The van der Waals surface area contributed by atoms with Crippen LogP contribution in [-0.4, -0.2) is 40.3 Å². The number of imidazole rings is 1. The number of hydrogen-bond donors (Lipinski definition) is 0. The van der Waals surface area contributed by atoms with Crippen molar-refractivity contribution in [3.8, 4) is 11.6 Å². The molecule has 154 valence electrons. The molecule has 0 aliphatic carbocycles. The SMILES string of the molecule is CCc1ccc(S(=O)(=O)N2CC[C@@H](n3c(-c4ccco4)nc4cccnc43)C2)cc1. The molecule has 0 N–H and O–H groups in total. The minimum atomic E-state index is -3.55. The van der Waals surface area contributed by atoms with Crippen LogP contribution in [0.15, 0.2) is 70.3 Å². The van der Waals surface area contributed by atoms with Crippen molar-refractivity contribution in [1.82, 2.24) is 18.8 Å². The smallest absolute Gasteiger partial charge is 0.243 e. The Bertz CT molecular complexity index is 1280. The highest BCUT2D eigenvalue weighted by atomic mass is 32.2. The quantitative estimate of drug-likeness (QED) is 0.487. The molecule has 0 spiro atoms. The zero-order chi connectivity index (χ0) is 20.7. The Morgan fingerprint density at radius 1 is 1.13 bits per heavy atom. The van der Waals surface area contributed by atoms with Gasteiger partial charge >= 0.3 is 0 Å². The number of aromatic nitrogens is 3. The first kappa shape index (κ1) is 19.0. The molecular weight excluding hydrogens is 400 g/mol. The first-order valence-corrected chi connectivity index (χ1v) is 11.5. The van der Waals surface area contributed by atoms with Gasteiger partial charge in [0.15, 0.2) is 17.2 Å². The summed E-state index contributed by atoms with van der Waals surface area (Å²) in [7, 11) is -3.55. The zero-order valence-electron chi connectivity index (χ0n) is 16.6. The molecule has 7 nitrogen and oxygen atoms in total. The predicted molar refractivity (Wildman–Crippen MR) is 113 cm³/mol. The molecule has 4 heterocycles. The summed E-state index contributed by atoms with van der Waals surface area (Å²) >= 11 is 0. The van der Waals surface area contributed by atoms with E-state index in [0.717, 1.165) is 23.1 Å². The van der Waals surface area contributed by atoms with E-state index < -0.39 is 10.0 Å². The molecule has 0 saturated carbocycles.